The Labute approximate surface area is 80.4 Å². The lowest BCUT2D eigenvalue weighted by molar-refractivity contribution is 0.199. The summed E-state index contributed by atoms with van der Waals surface area (Å²) in [5, 5.41) is 9.33. The predicted molar refractivity (Wildman–Crippen MR) is 52.1 cm³/mol. The average Bonchev–Trinajstić information content (AvgIpc) is 2.42. The molecule has 1 N–H and O–H groups in total. The number of rotatable bonds is 1. The number of hydrogen-bond donors (Lipinski definition) is 1. The van der Waals surface area contributed by atoms with Crippen molar-refractivity contribution in [1.82, 2.24) is 4.57 Å². The van der Waals surface area contributed by atoms with E-state index in [1.54, 1.807) is 32.2 Å². The number of nitrogens with zero attached hydrogens (tertiary/aromatic N) is 1. The number of benzene rings is 1. The Hall–Kier alpha value is -1.55. The molecule has 0 fully saturated rings. The maximum absolute atomic E-state index is 11.2. The second-order valence-electron chi connectivity index (χ2n) is 3.33. The van der Waals surface area contributed by atoms with Gasteiger partial charge in [-0.15, -0.1) is 0 Å². The van der Waals surface area contributed by atoms with Crippen LogP contribution in [0.5, 0.6) is 0 Å². The minimum absolute atomic E-state index is 0.386. The number of fused-ring (bicyclic) bond motifs is 1. The van der Waals surface area contributed by atoms with Gasteiger partial charge >= 0.3 is 5.76 Å². The zero-order valence-electron chi connectivity index (χ0n) is 8.02. The Bertz CT molecular complexity index is 522. The summed E-state index contributed by atoms with van der Waals surface area (Å²) in [6.07, 6.45) is -0.551. The van der Waals surface area contributed by atoms with E-state index < -0.39 is 6.10 Å². The van der Waals surface area contributed by atoms with Crippen molar-refractivity contribution in [3.8, 4) is 0 Å². The molecule has 1 aromatic heterocycles. The summed E-state index contributed by atoms with van der Waals surface area (Å²) in [5.41, 5.74) is 1.99. The van der Waals surface area contributed by atoms with Gasteiger partial charge in [-0.3, -0.25) is 4.57 Å². The highest BCUT2D eigenvalue weighted by Crippen LogP contribution is 2.18. The van der Waals surface area contributed by atoms with E-state index in [1.807, 2.05) is 0 Å². The summed E-state index contributed by atoms with van der Waals surface area (Å²) in [6.45, 7) is 1.67. The number of aromatic nitrogens is 1. The van der Waals surface area contributed by atoms with Gasteiger partial charge in [0.05, 0.1) is 11.6 Å². The summed E-state index contributed by atoms with van der Waals surface area (Å²) in [6, 6.07) is 5.23. The fourth-order valence-corrected chi connectivity index (χ4v) is 1.41. The van der Waals surface area contributed by atoms with Gasteiger partial charge in [-0.05, 0) is 24.6 Å². The van der Waals surface area contributed by atoms with Crippen LogP contribution >= 0.6 is 0 Å². The smallest absolute Gasteiger partial charge is 0.408 e. The molecule has 4 nitrogen and oxygen atoms in total. The highest BCUT2D eigenvalue weighted by atomic mass is 16.4. The van der Waals surface area contributed by atoms with Crippen molar-refractivity contribution in [2.75, 3.05) is 0 Å². The molecule has 0 radical (unpaired) electrons. The van der Waals surface area contributed by atoms with E-state index in [0.29, 0.717) is 5.58 Å². The van der Waals surface area contributed by atoms with Crippen molar-refractivity contribution in [3.05, 3.63) is 34.3 Å². The van der Waals surface area contributed by atoms with E-state index in [2.05, 4.69) is 0 Å². The minimum atomic E-state index is -0.551. The summed E-state index contributed by atoms with van der Waals surface area (Å²) in [4.78, 5) is 11.2. The van der Waals surface area contributed by atoms with Gasteiger partial charge in [0, 0.05) is 7.05 Å². The topological polar surface area (TPSA) is 55.4 Å². The molecule has 74 valence electrons. The minimum Gasteiger partial charge on any atom is -0.408 e. The number of hydrogen-bond acceptors (Lipinski definition) is 3. The number of aliphatic hydroxyl groups excluding tert-OH is 1. The van der Waals surface area contributed by atoms with E-state index in [4.69, 9.17) is 4.42 Å². The number of oxazole rings is 1. The van der Waals surface area contributed by atoms with Crippen LogP contribution in [-0.2, 0) is 7.05 Å². The molecular formula is C10H11NO3. The van der Waals surface area contributed by atoms with Crippen molar-refractivity contribution >= 4 is 11.1 Å². The van der Waals surface area contributed by atoms with Gasteiger partial charge in [0.2, 0.25) is 0 Å². The second-order valence-corrected chi connectivity index (χ2v) is 3.33. The van der Waals surface area contributed by atoms with Crippen LogP contribution < -0.4 is 5.76 Å². The molecule has 0 bridgehead atoms. The molecule has 0 aliphatic carbocycles. The molecule has 0 spiro atoms. The first-order chi connectivity index (χ1) is 6.59. The Morgan fingerprint density at radius 3 is 2.86 bits per heavy atom. The molecule has 0 aliphatic heterocycles. The molecule has 2 aromatic rings. The molecule has 0 amide bonds. The lowest BCUT2D eigenvalue weighted by Crippen LogP contribution is -2.08. The van der Waals surface area contributed by atoms with Crippen molar-refractivity contribution < 1.29 is 9.52 Å². The van der Waals surface area contributed by atoms with Crippen molar-refractivity contribution in [3.63, 3.8) is 0 Å². The number of aryl methyl sites for hydroxylation is 1. The summed E-state index contributed by atoms with van der Waals surface area (Å²) in [5.74, 6) is -0.386. The zero-order chi connectivity index (χ0) is 10.3. The van der Waals surface area contributed by atoms with E-state index in [1.165, 1.54) is 4.57 Å². The van der Waals surface area contributed by atoms with Crippen molar-refractivity contribution in [1.29, 1.82) is 0 Å². The average molecular weight is 193 g/mol. The van der Waals surface area contributed by atoms with Crippen molar-refractivity contribution in [2.24, 2.45) is 7.05 Å². The molecule has 0 aliphatic rings. The first kappa shape index (κ1) is 9.02. The van der Waals surface area contributed by atoms with Gasteiger partial charge in [0.25, 0.3) is 0 Å². The van der Waals surface area contributed by atoms with Crippen LogP contribution in [0.3, 0.4) is 0 Å². The van der Waals surface area contributed by atoms with Gasteiger partial charge in [-0.25, -0.2) is 4.79 Å². The van der Waals surface area contributed by atoms with Crippen LogP contribution in [0.2, 0.25) is 0 Å². The SMILES string of the molecule is C[C@H](O)c1ccc2c(c1)oc(=O)n2C. The van der Waals surface area contributed by atoms with Crippen LogP contribution in [0.1, 0.15) is 18.6 Å². The zero-order valence-corrected chi connectivity index (χ0v) is 8.02. The number of aliphatic hydroxyl groups is 1. The lowest BCUT2D eigenvalue weighted by atomic mass is 10.1. The Morgan fingerprint density at radius 1 is 1.50 bits per heavy atom. The van der Waals surface area contributed by atoms with E-state index in [9.17, 15) is 9.90 Å². The normalized spacial score (nSPS) is 13.4. The summed E-state index contributed by atoms with van der Waals surface area (Å²) in [7, 11) is 1.65. The fraction of sp³-hybridized carbons (Fsp3) is 0.300. The lowest BCUT2D eigenvalue weighted by Gasteiger charge is -2.02. The van der Waals surface area contributed by atoms with Crippen LogP contribution in [0.15, 0.2) is 27.4 Å². The largest absolute Gasteiger partial charge is 0.419 e. The summed E-state index contributed by atoms with van der Waals surface area (Å²) < 4.78 is 6.42. The van der Waals surface area contributed by atoms with E-state index in [-0.39, 0.29) is 5.76 Å². The fourth-order valence-electron chi connectivity index (χ4n) is 1.41. The molecule has 0 saturated heterocycles. The first-order valence-corrected chi connectivity index (χ1v) is 4.37. The molecule has 0 saturated carbocycles. The first-order valence-electron chi connectivity index (χ1n) is 4.37. The molecular weight excluding hydrogens is 182 g/mol. The Balaban J connectivity index is 2.73. The third-order valence-electron chi connectivity index (χ3n) is 2.30. The van der Waals surface area contributed by atoms with Gasteiger partial charge in [0.1, 0.15) is 0 Å². The molecule has 0 unspecified atom stereocenters. The molecule has 14 heavy (non-hydrogen) atoms. The van der Waals surface area contributed by atoms with E-state index in [0.717, 1.165) is 11.1 Å². The third-order valence-corrected chi connectivity index (χ3v) is 2.30. The molecule has 1 atom stereocenters. The van der Waals surface area contributed by atoms with Crippen LogP contribution in [0.4, 0.5) is 0 Å². The maximum Gasteiger partial charge on any atom is 0.419 e. The van der Waals surface area contributed by atoms with Crippen LogP contribution in [-0.4, -0.2) is 9.67 Å². The van der Waals surface area contributed by atoms with Gasteiger partial charge < -0.3 is 9.52 Å². The van der Waals surface area contributed by atoms with Crippen LogP contribution in [0, 0.1) is 0 Å². The molecule has 4 heteroatoms. The second kappa shape index (κ2) is 2.99. The van der Waals surface area contributed by atoms with E-state index >= 15 is 0 Å². The molecule has 2 rings (SSSR count). The Kier molecular flexibility index (Phi) is 1.93. The summed E-state index contributed by atoms with van der Waals surface area (Å²) >= 11 is 0. The quantitative estimate of drug-likeness (QED) is 0.740. The highest BCUT2D eigenvalue weighted by molar-refractivity contribution is 5.73. The van der Waals surface area contributed by atoms with Gasteiger partial charge in [-0.1, -0.05) is 6.07 Å². The molecule has 1 heterocycles. The standard InChI is InChI=1S/C10H11NO3/c1-6(12)7-3-4-8-9(5-7)14-10(13)11(8)2/h3-6,12H,1-2H3/t6-/m0/s1. The monoisotopic (exact) mass is 193 g/mol. The van der Waals surface area contributed by atoms with Crippen molar-refractivity contribution in [2.45, 2.75) is 13.0 Å². The highest BCUT2D eigenvalue weighted by Gasteiger charge is 2.08. The Morgan fingerprint density at radius 2 is 2.21 bits per heavy atom. The maximum atomic E-state index is 11.2. The van der Waals surface area contributed by atoms with Crippen LogP contribution in [0.25, 0.3) is 11.1 Å². The molecule has 1 aromatic carbocycles. The van der Waals surface area contributed by atoms with Gasteiger partial charge in [0.15, 0.2) is 5.58 Å². The third kappa shape index (κ3) is 1.24. The van der Waals surface area contributed by atoms with Gasteiger partial charge in [-0.2, -0.15) is 0 Å². The predicted octanol–water partition coefficient (Wildman–Crippen LogP) is 1.18.